The number of nitrogens with two attached hydrogens (primary N) is 1. The van der Waals surface area contributed by atoms with Crippen molar-refractivity contribution >= 4 is 40.2 Å². The molecule has 1 saturated carbocycles. The van der Waals surface area contributed by atoms with E-state index in [1.54, 1.807) is 51.9 Å². The van der Waals surface area contributed by atoms with E-state index >= 15 is 4.39 Å². The number of halogens is 3. The highest BCUT2D eigenvalue weighted by Crippen LogP contribution is 2.45. The molecule has 1 aliphatic heterocycles. The Kier molecular flexibility index (Phi) is 4.54. The van der Waals surface area contributed by atoms with Gasteiger partial charge in [0.1, 0.15) is 29.4 Å². The predicted molar refractivity (Wildman–Crippen MR) is 125 cm³/mol. The van der Waals surface area contributed by atoms with Crippen molar-refractivity contribution in [3.63, 3.8) is 0 Å². The standard InChI is InChI=1S/C24H19ClF2N6O/c1-31-10-15(20-22(28)29-11-30-23(20)31)14-6-5-13(7-17(14)26)33-19-8-18(19)32(24(33)34)9-12-3-2-4-16(25)21(12)27/h2-7,10-11,18-19H,8-9H2,1H3,(H2,28,29,30). The SMILES string of the molecule is Cn1cc(-c2ccc(N3C(=O)N(Cc4cccc(Cl)c4F)C4CC43)cc2F)c2c(N)ncnc21. The lowest BCUT2D eigenvalue weighted by Gasteiger charge is -2.24. The van der Waals surface area contributed by atoms with Crippen molar-refractivity contribution in [1.29, 1.82) is 0 Å². The van der Waals surface area contributed by atoms with E-state index in [9.17, 15) is 9.18 Å². The van der Waals surface area contributed by atoms with Crippen molar-refractivity contribution in [3.05, 3.63) is 71.1 Å². The number of hydrogen-bond donors (Lipinski definition) is 1. The van der Waals surface area contributed by atoms with Gasteiger partial charge in [-0.15, -0.1) is 0 Å². The zero-order valence-electron chi connectivity index (χ0n) is 18.0. The van der Waals surface area contributed by atoms with Crippen LogP contribution in [0.3, 0.4) is 0 Å². The minimum atomic E-state index is -0.527. The first kappa shape index (κ1) is 20.9. The number of amides is 2. The van der Waals surface area contributed by atoms with Gasteiger partial charge >= 0.3 is 6.03 Å². The number of nitrogens with zero attached hydrogens (tertiary/aromatic N) is 5. The molecule has 6 rings (SSSR count). The summed E-state index contributed by atoms with van der Waals surface area (Å²) in [5, 5.41) is 0.594. The third-order valence-corrected chi connectivity index (χ3v) is 6.88. The van der Waals surface area contributed by atoms with E-state index in [0.717, 1.165) is 6.42 Å². The number of aromatic nitrogens is 3. The van der Waals surface area contributed by atoms with E-state index in [4.69, 9.17) is 17.3 Å². The molecule has 2 N–H and O–H groups in total. The van der Waals surface area contributed by atoms with Crippen molar-refractivity contribution < 1.29 is 13.6 Å². The summed E-state index contributed by atoms with van der Waals surface area (Å²) in [6.45, 7) is 0.110. The molecule has 34 heavy (non-hydrogen) atoms. The molecule has 10 heteroatoms. The maximum atomic E-state index is 15.4. The molecule has 172 valence electrons. The number of aryl methyl sites for hydroxylation is 1. The van der Waals surface area contributed by atoms with Crippen LogP contribution < -0.4 is 10.6 Å². The van der Waals surface area contributed by atoms with Gasteiger partial charge < -0.3 is 15.2 Å². The maximum absolute atomic E-state index is 15.4. The van der Waals surface area contributed by atoms with Gasteiger partial charge in [0, 0.05) is 35.6 Å². The molecular formula is C24H19ClF2N6O. The maximum Gasteiger partial charge on any atom is 0.325 e. The Morgan fingerprint density at radius 2 is 1.97 bits per heavy atom. The Labute approximate surface area is 198 Å². The monoisotopic (exact) mass is 480 g/mol. The van der Waals surface area contributed by atoms with Crippen LogP contribution in [-0.4, -0.2) is 37.5 Å². The van der Waals surface area contributed by atoms with Gasteiger partial charge in [0.05, 0.1) is 29.0 Å². The molecule has 2 aromatic heterocycles. The van der Waals surface area contributed by atoms with Crippen LogP contribution in [0.2, 0.25) is 5.02 Å². The van der Waals surface area contributed by atoms with Gasteiger partial charge in [-0.2, -0.15) is 0 Å². The average Bonchev–Trinajstić information content (AvgIpc) is 3.43. The van der Waals surface area contributed by atoms with Gasteiger partial charge in [0.25, 0.3) is 0 Å². The van der Waals surface area contributed by atoms with Crippen molar-refractivity contribution in [2.24, 2.45) is 7.05 Å². The number of rotatable bonds is 4. The Bertz CT molecular complexity index is 1490. The summed E-state index contributed by atoms with van der Waals surface area (Å²) in [5.74, 6) is -0.748. The highest BCUT2D eigenvalue weighted by atomic mass is 35.5. The molecule has 2 aromatic carbocycles. The fourth-order valence-electron chi connectivity index (χ4n) is 4.86. The number of carbonyl (C=O) groups excluding carboxylic acids is 1. The quantitative estimate of drug-likeness (QED) is 0.458. The molecule has 4 aromatic rings. The lowest BCUT2D eigenvalue weighted by molar-refractivity contribution is 0.209. The third kappa shape index (κ3) is 3.03. The summed E-state index contributed by atoms with van der Waals surface area (Å²) in [4.78, 5) is 24.6. The van der Waals surface area contributed by atoms with Crippen molar-refractivity contribution in [2.75, 3.05) is 10.6 Å². The molecule has 2 unspecified atom stereocenters. The molecule has 7 nitrogen and oxygen atoms in total. The van der Waals surface area contributed by atoms with E-state index in [2.05, 4.69) is 9.97 Å². The zero-order valence-corrected chi connectivity index (χ0v) is 18.8. The van der Waals surface area contributed by atoms with Crippen LogP contribution in [0.5, 0.6) is 0 Å². The van der Waals surface area contributed by atoms with Gasteiger partial charge in [0.15, 0.2) is 0 Å². The molecule has 0 spiro atoms. The lowest BCUT2D eigenvalue weighted by Crippen LogP contribution is -2.36. The lowest BCUT2D eigenvalue weighted by atomic mass is 10.0. The first-order chi connectivity index (χ1) is 16.3. The van der Waals surface area contributed by atoms with E-state index < -0.39 is 11.6 Å². The van der Waals surface area contributed by atoms with Crippen molar-refractivity contribution in [1.82, 2.24) is 19.4 Å². The summed E-state index contributed by atoms with van der Waals surface area (Å²) in [6.07, 6.45) is 3.87. The Balaban J connectivity index is 1.32. The molecule has 0 radical (unpaired) electrons. The normalized spacial score (nSPS) is 19.2. The molecular weight excluding hydrogens is 462 g/mol. The highest BCUT2D eigenvalue weighted by molar-refractivity contribution is 6.30. The Hall–Kier alpha value is -3.72. The van der Waals surface area contributed by atoms with Gasteiger partial charge in [-0.1, -0.05) is 23.7 Å². The first-order valence-corrected chi connectivity index (χ1v) is 11.1. The molecule has 2 aliphatic rings. The summed E-state index contributed by atoms with van der Waals surface area (Å²) < 4.78 is 31.5. The number of nitrogen functional groups attached to an aromatic ring is 1. The summed E-state index contributed by atoms with van der Waals surface area (Å²) in [6, 6.07) is 9.05. The highest BCUT2D eigenvalue weighted by Gasteiger charge is 2.57. The fraction of sp³-hybridized carbons (Fsp3) is 0.208. The van der Waals surface area contributed by atoms with Crippen LogP contribution >= 0.6 is 11.6 Å². The number of hydrogen-bond acceptors (Lipinski definition) is 4. The minimum absolute atomic E-state index is 0.0190. The largest absolute Gasteiger partial charge is 0.383 e. The molecule has 2 amide bonds. The second kappa shape index (κ2) is 7.39. The van der Waals surface area contributed by atoms with Crippen LogP contribution in [0.15, 0.2) is 48.9 Å². The van der Waals surface area contributed by atoms with Gasteiger partial charge in [-0.25, -0.2) is 23.5 Å². The van der Waals surface area contributed by atoms with Crippen LogP contribution in [0, 0.1) is 11.6 Å². The van der Waals surface area contributed by atoms with E-state index in [0.29, 0.717) is 33.4 Å². The van der Waals surface area contributed by atoms with Crippen molar-refractivity contribution in [3.8, 4) is 11.1 Å². The smallest absolute Gasteiger partial charge is 0.325 e. The summed E-state index contributed by atoms with van der Waals surface area (Å²) >= 11 is 5.89. The van der Waals surface area contributed by atoms with E-state index in [-0.39, 0.29) is 35.5 Å². The third-order valence-electron chi connectivity index (χ3n) is 6.58. The van der Waals surface area contributed by atoms with Gasteiger partial charge in [-0.05, 0) is 30.7 Å². The van der Waals surface area contributed by atoms with E-state index in [1.165, 1.54) is 18.5 Å². The first-order valence-electron chi connectivity index (χ1n) is 10.7. The molecule has 2 fully saturated rings. The summed E-state index contributed by atoms with van der Waals surface area (Å²) in [5.41, 5.74) is 8.38. The summed E-state index contributed by atoms with van der Waals surface area (Å²) in [7, 11) is 1.80. The predicted octanol–water partition coefficient (Wildman–Crippen LogP) is 4.73. The van der Waals surface area contributed by atoms with Gasteiger partial charge in [-0.3, -0.25) is 4.90 Å². The Morgan fingerprint density at radius 1 is 1.15 bits per heavy atom. The number of benzene rings is 2. The fourth-order valence-corrected chi connectivity index (χ4v) is 5.05. The molecule has 2 atom stereocenters. The van der Waals surface area contributed by atoms with Crippen LogP contribution in [0.25, 0.3) is 22.2 Å². The second-order valence-corrected chi connectivity index (χ2v) is 9.05. The number of anilines is 2. The Morgan fingerprint density at radius 3 is 2.76 bits per heavy atom. The second-order valence-electron chi connectivity index (χ2n) is 8.64. The van der Waals surface area contributed by atoms with Gasteiger partial charge in [0.2, 0.25) is 0 Å². The van der Waals surface area contributed by atoms with Crippen molar-refractivity contribution in [2.45, 2.75) is 25.0 Å². The topological polar surface area (TPSA) is 80.3 Å². The van der Waals surface area contributed by atoms with Crippen LogP contribution in [0.1, 0.15) is 12.0 Å². The molecule has 3 heterocycles. The number of fused-ring (bicyclic) bond motifs is 2. The molecule has 0 bridgehead atoms. The minimum Gasteiger partial charge on any atom is -0.383 e. The number of carbonyl (C=O) groups is 1. The van der Waals surface area contributed by atoms with Crippen LogP contribution in [-0.2, 0) is 13.6 Å². The van der Waals surface area contributed by atoms with E-state index in [1.807, 2.05) is 0 Å². The number of urea groups is 1. The molecule has 1 saturated heterocycles. The van der Waals surface area contributed by atoms with Crippen LogP contribution in [0.4, 0.5) is 25.1 Å². The zero-order chi connectivity index (χ0) is 23.7. The molecule has 1 aliphatic carbocycles. The average molecular weight is 481 g/mol.